The third kappa shape index (κ3) is 15.2. The number of nitrogens with one attached hydrogen (secondary N) is 2. The van der Waals surface area contributed by atoms with Crippen LogP contribution in [0, 0.1) is 0 Å². The molecule has 0 rings (SSSR count). The predicted octanol–water partition coefficient (Wildman–Crippen LogP) is -0.526. The average Bonchev–Trinajstić information content (AvgIpc) is 2.68. The van der Waals surface area contributed by atoms with Crippen LogP contribution < -0.4 is 27.8 Å². The Balaban J connectivity index is 4.62. The molecular weight excluding hydrogens is 418 g/mol. The molecule has 0 aromatic heterocycles. The lowest BCUT2D eigenvalue weighted by molar-refractivity contribution is -0.133. The summed E-state index contributed by atoms with van der Waals surface area (Å²) in [6, 6.07) is -2.55. The minimum absolute atomic E-state index is 0.120. The molecule has 0 fully saturated rings. The number of hydrogen-bond acceptors (Lipinski definition) is 6. The summed E-state index contributed by atoms with van der Waals surface area (Å²) in [5.74, 6) is -3.90. The van der Waals surface area contributed by atoms with Crippen LogP contribution in [0.4, 0.5) is 0 Å². The molecule has 3 atom stereocenters. The molecule has 11 heteroatoms. The molecule has 0 radical (unpaired) electrons. The smallest absolute Gasteiger partial charge is 0.243 e. The first kappa shape index (κ1) is 29.3. The molecule has 9 N–H and O–H groups in total. The summed E-state index contributed by atoms with van der Waals surface area (Å²) in [5, 5.41) is 14.7. The molecule has 5 amide bonds. The van der Waals surface area contributed by atoms with E-state index in [4.69, 9.17) is 17.2 Å². The quantitative estimate of drug-likeness (QED) is 0.140. The number of unbranched alkanes of at least 4 members (excludes halogenated alkanes) is 6. The Bertz CT molecular complexity index is 628. The van der Waals surface area contributed by atoms with Gasteiger partial charge in [0.2, 0.25) is 29.5 Å². The van der Waals surface area contributed by atoms with Gasteiger partial charge in [-0.25, -0.2) is 0 Å². The second-order valence-electron chi connectivity index (χ2n) is 8.03. The van der Waals surface area contributed by atoms with Gasteiger partial charge in [0.25, 0.3) is 0 Å². The molecular formula is C21H39N5O6. The van der Waals surface area contributed by atoms with Gasteiger partial charge >= 0.3 is 0 Å². The third-order valence-corrected chi connectivity index (χ3v) is 4.96. The zero-order valence-electron chi connectivity index (χ0n) is 18.9. The van der Waals surface area contributed by atoms with Gasteiger partial charge in [-0.1, -0.05) is 51.9 Å². The summed E-state index contributed by atoms with van der Waals surface area (Å²) in [6.07, 6.45) is 6.10. The van der Waals surface area contributed by atoms with Crippen LogP contribution in [0.3, 0.4) is 0 Å². The van der Waals surface area contributed by atoms with Crippen LogP contribution in [-0.4, -0.2) is 52.8 Å². The molecule has 11 nitrogen and oxygen atoms in total. The molecule has 0 aromatic carbocycles. The topological polar surface area (TPSA) is 208 Å². The summed E-state index contributed by atoms with van der Waals surface area (Å²) in [6.45, 7) is 2.15. The van der Waals surface area contributed by atoms with Crippen molar-refractivity contribution in [3.05, 3.63) is 0 Å². The summed E-state index contributed by atoms with van der Waals surface area (Å²) in [7, 11) is 0. The molecule has 0 aromatic rings. The molecule has 0 aliphatic carbocycles. The van der Waals surface area contributed by atoms with Crippen molar-refractivity contribution in [2.24, 2.45) is 17.2 Å². The molecule has 0 spiro atoms. The van der Waals surface area contributed by atoms with E-state index < -0.39 is 54.1 Å². The molecule has 32 heavy (non-hydrogen) atoms. The fraction of sp³-hybridized carbons (Fsp3) is 0.762. The minimum Gasteiger partial charge on any atom is -0.393 e. The highest BCUT2D eigenvalue weighted by molar-refractivity contribution is 5.94. The average molecular weight is 458 g/mol. The molecule has 0 aliphatic heterocycles. The van der Waals surface area contributed by atoms with Gasteiger partial charge < -0.3 is 32.9 Å². The van der Waals surface area contributed by atoms with E-state index in [0.717, 1.165) is 25.7 Å². The second kappa shape index (κ2) is 16.9. The first-order chi connectivity index (χ1) is 15.1. The van der Waals surface area contributed by atoms with Gasteiger partial charge in [0, 0.05) is 6.42 Å². The van der Waals surface area contributed by atoms with Crippen LogP contribution in [0.2, 0.25) is 0 Å². The standard InChI is InChI=1S/C21H39N5O6/c1-2-3-4-5-6-7-8-9-14(27)12-19(30)25-16(13-18(23)29)21(32)26-15(20(24)31)10-11-17(22)28/h14-16,27H,2-13H2,1H3,(H2,22,28)(H2,23,29)(H2,24,31)(H,25,30)(H,26,32)/t14-,15+,16+/m1/s1. The molecule has 184 valence electrons. The van der Waals surface area contributed by atoms with E-state index in [1.54, 1.807) is 0 Å². The van der Waals surface area contributed by atoms with Crippen LogP contribution in [-0.2, 0) is 24.0 Å². The molecule has 0 aliphatic rings. The van der Waals surface area contributed by atoms with Crippen molar-refractivity contribution >= 4 is 29.5 Å². The lowest BCUT2D eigenvalue weighted by Crippen LogP contribution is -2.54. The first-order valence-corrected chi connectivity index (χ1v) is 11.2. The number of carbonyl (C=O) groups is 5. The molecule has 0 saturated carbocycles. The Hall–Kier alpha value is -2.69. The van der Waals surface area contributed by atoms with Crippen molar-refractivity contribution < 1.29 is 29.1 Å². The predicted molar refractivity (Wildman–Crippen MR) is 119 cm³/mol. The monoisotopic (exact) mass is 457 g/mol. The van der Waals surface area contributed by atoms with Gasteiger partial charge in [0.1, 0.15) is 12.1 Å². The van der Waals surface area contributed by atoms with Crippen LogP contribution in [0.5, 0.6) is 0 Å². The maximum atomic E-state index is 12.5. The fourth-order valence-electron chi connectivity index (χ4n) is 3.16. The largest absolute Gasteiger partial charge is 0.393 e. The van der Waals surface area contributed by atoms with E-state index in [1.807, 2.05) is 0 Å². The Morgan fingerprint density at radius 3 is 1.88 bits per heavy atom. The van der Waals surface area contributed by atoms with Crippen molar-refractivity contribution in [2.45, 2.75) is 102 Å². The molecule has 0 heterocycles. The highest BCUT2D eigenvalue weighted by atomic mass is 16.3. The zero-order valence-corrected chi connectivity index (χ0v) is 18.9. The Kier molecular flexibility index (Phi) is 15.5. The minimum atomic E-state index is -1.35. The molecule has 0 unspecified atom stereocenters. The second-order valence-corrected chi connectivity index (χ2v) is 8.03. The highest BCUT2D eigenvalue weighted by Gasteiger charge is 2.27. The van der Waals surface area contributed by atoms with Crippen molar-refractivity contribution in [2.75, 3.05) is 0 Å². The Labute approximate surface area is 189 Å². The van der Waals surface area contributed by atoms with Crippen LogP contribution in [0.1, 0.15) is 84.0 Å². The normalized spacial score (nSPS) is 13.6. The number of carbonyl (C=O) groups excluding carboxylic acids is 5. The number of hydrogen-bond donors (Lipinski definition) is 6. The third-order valence-electron chi connectivity index (χ3n) is 4.96. The van der Waals surface area contributed by atoms with Crippen molar-refractivity contribution in [3.63, 3.8) is 0 Å². The number of aliphatic hydroxyl groups excluding tert-OH is 1. The van der Waals surface area contributed by atoms with E-state index in [2.05, 4.69) is 17.6 Å². The molecule has 0 bridgehead atoms. The van der Waals surface area contributed by atoms with Crippen LogP contribution in [0.25, 0.3) is 0 Å². The summed E-state index contributed by atoms with van der Waals surface area (Å²) in [5.41, 5.74) is 15.4. The van der Waals surface area contributed by atoms with Gasteiger partial charge in [-0.2, -0.15) is 0 Å². The van der Waals surface area contributed by atoms with Crippen molar-refractivity contribution in [1.82, 2.24) is 10.6 Å². The van der Waals surface area contributed by atoms with Crippen molar-refractivity contribution in [1.29, 1.82) is 0 Å². The van der Waals surface area contributed by atoms with Crippen molar-refractivity contribution in [3.8, 4) is 0 Å². The summed E-state index contributed by atoms with van der Waals surface area (Å²) in [4.78, 5) is 58.4. The number of rotatable bonds is 19. The fourth-order valence-corrected chi connectivity index (χ4v) is 3.16. The van der Waals surface area contributed by atoms with Gasteiger partial charge in [-0.05, 0) is 12.8 Å². The molecule has 0 saturated heterocycles. The number of primary amides is 3. The summed E-state index contributed by atoms with van der Waals surface area (Å²) >= 11 is 0. The van der Waals surface area contributed by atoms with E-state index in [1.165, 1.54) is 19.3 Å². The number of amides is 5. The Morgan fingerprint density at radius 1 is 0.750 bits per heavy atom. The SMILES string of the molecule is CCCCCCCCC[C@@H](O)CC(=O)N[C@@H](CC(N)=O)C(=O)N[C@@H](CCC(N)=O)C(N)=O. The van der Waals surface area contributed by atoms with Gasteiger partial charge in [0.15, 0.2) is 0 Å². The lowest BCUT2D eigenvalue weighted by Gasteiger charge is -2.21. The van der Waals surface area contributed by atoms with Gasteiger partial charge in [0.05, 0.1) is 18.9 Å². The van der Waals surface area contributed by atoms with E-state index in [0.29, 0.717) is 6.42 Å². The van der Waals surface area contributed by atoms with Crippen LogP contribution in [0.15, 0.2) is 0 Å². The van der Waals surface area contributed by atoms with Gasteiger partial charge in [-0.3, -0.25) is 24.0 Å². The van der Waals surface area contributed by atoms with E-state index >= 15 is 0 Å². The first-order valence-electron chi connectivity index (χ1n) is 11.2. The van der Waals surface area contributed by atoms with Crippen LogP contribution >= 0.6 is 0 Å². The number of aliphatic hydroxyl groups is 1. The summed E-state index contributed by atoms with van der Waals surface area (Å²) < 4.78 is 0. The zero-order chi connectivity index (χ0) is 24.5. The maximum absolute atomic E-state index is 12.5. The van der Waals surface area contributed by atoms with E-state index in [9.17, 15) is 29.1 Å². The lowest BCUT2D eigenvalue weighted by atomic mass is 10.0. The highest BCUT2D eigenvalue weighted by Crippen LogP contribution is 2.11. The Morgan fingerprint density at radius 2 is 1.34 bits per heavy atom. The maximum Gasteiger partial charge on any atom is 0.243 e. The van der Waals surface area contributed by atoms with Gasteiger partial charge in [-0.15, -0.1) is 0 Å². The van der Waals surface area contributed by atoms with E-state index in [-0.39, 0.29) is 19.3 Å². The number of nitrogens with two attached hydrogens (primary N) is 3.